The van der Waals surface area contributed by atoms with Crippen molar-refractivity contribution in [2.75, 3.05) is 26.4 Å². The van der Waals surface area contributed by atoms with Gasteiger partial charge in [0.25, 0.3) is 0 Å². The van der Waals surface area contributed by atoms with Gasteiger partial charge < -0.3 is 89.9 Å². The molecule has 0 radical (unpaired) electrons. The number of hydrogen-bond donors (Lipinski definition) is 12. The Morgan fingerprint density at radius 3 is 1.21 bits per heavy atom. The topological polar surface area (TPSA) is 307 Å². The molecular formula is C70H129NO18. The fourth-order valence-corrected chi connectivity index (χ4v) is 12.2. The van der Waals surface area contributed by atoms with E-state index in [2.05, 4.69) is 55.6 Å². The Bertz CT molecular complexity index is 1760. The normalized spacial score (nSPS) is 28.4. The summed E-state index contributed by atoms with van der Waals surface area (Å²) in [5, 5.41) is 121. The second-order valence-electron chi connectivity index (χ2n) is 25.7. The van der Waals surface area contributed by atoms with Crippen molar-refractivity contribution < 1.29 is 89.4 Å². The fraction of sp³-hybridized carbons (Fsp3) is 0.900. The molecule has 19 nitrogen and oxygen atoms in total. The van der Waals surface area contributed by atoms with Gasteiger partial charge in [-0.25, -0.2) is 0 Å². The van der Waals surface area contributed by atoms with Crippen LogP contribution in [0.3, 0.4) is 0 Å². The molecule has 1 amide bonds. The number of hydrogen-bond acceptors (Lipinski definition) is 18. The molecule has 3 saturated heterocycles. The molecule has 3 rings (SSSR count). The van der Waals surface area contributed by atoms with Crippen molar-refractivity contribution in [3.63, 3.8) is 0 Å². The third kappa shape index (κ3) is 34.3. The molecule has 0 bridgehead atoms. The van der Waals surface area contributed by atoms with Crippen molar-refractivity contribution in [3.8, 4) is 0 Å². The van der Waals surface area contributed by atoms with E-state index in [1.54, 1.807) is 0 Å². The molecule has 17 atom stereocenters. The van der Waals surface area contributed by atoms with Gasteiger partial charge in [0.05, 0.1) is 38.6 Å². The lowest BCUT2D eigenvalue weighted by Crippen LogP contribution is -2.66. The molecule has 17 unspecified atom stereocenters. The first-order chi connectivity index (χ1) is 43.3. The van der Waals surface area contributed by atoms with Crippen LogP contribution in [0.4, 0.5) is 0 Å². The highest BCUT2D eigenvalue weighted by atomic mass is 16.8. The van der Waals surface area contributed by atoms with E-state index in [9.17, 15) is 61.0 Å². The molecule has 0 aromatic rings. The van der Waals surface area contributed by atoms with Gasteiger partial charge in [-0.05, 0) is 44.9 Å². The SMILES string of the molecule is CC/C=C\C/C=C\C/C=C\CCCCCCCCCC(=O)NC(COC1OC(CO)C(OC2OC(CO)C(OC3OC(CO)C(O)C(O)C3O)C(O)C2O)C(O)C1O)C(O)CCCCCCCCCCCCCCCCCCCCCCCCCCCCC. The smallest absolute Gasteiger partial charge is 0.220 e. The number of nitrogens with one attached hydrogen (secondary N) is 1. The van der Waals surface area contributed by atoms with Gasteiger partial charge in [-0.2, -0.15) is 0 Å². The predicted octanol–water partition coefficient (Wildman–Crippen LogP) is 9.61. The maximum absolute atomic E-state index is 13.4. The second kappa shape index (κ2) is 52.3. The summed E-state index contributed by atoms with van der Waals surface area (Å²) in [4.78, 5) is 13.4. The average Bonchev–Trinajstić information content (AvgIpc) is 2.22. The number of aliphatic hydroxyl groups excluding tert-OH is 11. The van der Waals surface area contributed by atoms with Gasteiger partial charge in [-0.1, -0.05) is 256 Å². The number of carbonyl (C=O) groups excluding carboxylic acids is 1. The van der Waals surface area contributed by atoms with Gasteiger partial charge >= 0.3 is 0 Å². The molecule has 0 saturated carbocycles. The minimum Gasteiger partial charge on any atom is -0.394 e. The van der Waals surface area contributed by atoms with Gasteiger partial charge in [0.2, 0.25) is 5.91 Å². The van der Waals surface area contributed by atoms with Crippen LogP contribution < -0.4 is 5.32 Å². The molecule has 89 heavy (non-hydrogen) atoms. The molecule has 3 heterocycles. The summed E-state index contributed by atoms with van der Waals surface area (Å²) in [5.74, 6) is -0.251. The van der Waals surface area contributed by atoms with E-state index in [1.165, 1.54) is 148 Å². The standard InChI is InChI=1S/C70H129NO18/c1-3-5-7-9-11-13-15-17-19-21-22-23-24-25-26-27-28-29-30-32-33-35-37-39-41-43-45-47-54(75)53(71-58(76)48-46-44-42-40-38-36-34-31-20-18-16-14-12-10-8-6-4-2)52-84-68-64(82)61(79)66(56(50-73)86-68)89-70-65(83)62(80)67(57(51-74)87-70)88-69-63(81)60(78)59(77)55(49-72)85-69/h6,8,12,14,18,20,53-57,59-70,72-75,77-83H,3-5,7,9-11,13,15-17,19,21-52H2,1-2H3,(H,71,76)/b8-6-,14-12-,20-18-. The van der Waals surface area contributed by atoms with Crippen molar-refractivity contribution in [2.45, 2.75) is 375 Å². The molecule has 3 fully saturated rings. The molecule has 12 N–H and O–H groups in total. The van der Waals surface area contributed by atoms with Crippen LogP contribution in [0.1, 0.15) is 271 Å². The zero-order chi connectivity index (χ0) is 64.7. The van der Waals surface area contributed by atoms with Crippen molar-refractivity contribution >= 4 is 5.91 Å². The van der Waals surface area contributed by atoms with Crippen molar-refractivity contribution in [1.82, 2.24) is 5.32 Å². The summed E-state index contributed by atoms with van der Waals surface area (Å²) in [6, 6.07) is -0.894. The zero-order valence-corrected chi connectivity index (χ0v) is 55.2. The fourth-order valence-electron chi connectivity index (χ4n) is 12.2. The van der Waals surface area contributed by atoms with Crippen LogP contribution in [0.5, 0.6) is 0 Å². The monoisotopic (exact) mass is 1270 g/mol. The van der Waals surface area contributed by atoms with Gasteiger partial charge in [0.15, 0.2) is 18.9 Å². The Morgan fingerprint density at radius 2 is 0.775 bits per heavy atom. The summed E-state index contributed by atoms with van der Waals surface area (Å²) in [5.41, 5.74) is 0. The van der Waals surface area contributed by atoms with Crippen LogP contribution in [0.25, 0.3) is 0 Å². The first-order valence-corrected chi connectivity index (χ1v) is 35.7. The molecular weight excluding hydrogens is 1140 g/mol. The van der Waals surface area contributed by atoms with Gasteiger partial charge in [0.1, 0.15) is 73.2 Å². The Labute approximate surface area is 536 Å². The largest absolute Gasteiger partial charge is 0.394 e. The van der Waals surface area contributed by atoms with E-state index < -0.39 is 124 Å². The third-order valence-electron chi connectivity index (χ3n) is 18.0. The number of amides is 1. The van der Waals surface area contributed by atoms with E-state index in [1.807, 2.05) is 0 Å². The highest BCUT2D eigenvalue weighted by molar-refractivity contribution is 5.76. The van der Waals surface area contributed by atoms with Crippen LogP contribution in [-0.2, 0) is 33.2 Å². The molecule has 0 aromatic carbocycles. The second-order valence-corrected chi connectivity index (χ2v) is 25.7. The van der Waals surface area contributed by atoms with Crippen LogP contribution in [-0.4, -0.2) is 193 Å². The molecule has 3 aliphatic rings. The summed E-state index contributed by atoms with van der Waals surface area (Å²) in [7, 11) is 0. The lowest BCUT2D eigenvalue weighted by molar-refractivity contribution is -0.379. The molecule has 3 aliphatic heterocycles. The number of allylic oxidation sites excluding steroid dienone is 6. The number of ether oxygens (including phenoxy) is 6. The van der Waals surface area contributed by atoms with E-state index in [0.29, 0.717) is 12.8 Å². The van der Waals surface area contributed by atoms with Crippen LogP contribution in [0, 0.1) is 0 Å². The lowest BCUT2D eigenvalue weighted by atomic mass is 9.96. The number of carbonyl (C=O) groups is 1. The van der Waals surface area contributed by atoms with Crippen LogP contribution in [0.2, 0.25) is 0 Å². The Kier molecular flexibility index (Phi) is 47.7. The van der Waals surface area contributed by atoms with E-state index in [-0.39, 0.29) is 18.9 Å². The van der Waals surface area contributed by atoms with Crippen molar-refractivity contribution in [1.29, 1.82) is 0 Å². The molecule has 0 aromatic heterocycles. The van der Waals surface area contributed by atoms with Crippen molar-refractivity contribution in [3.05, 3.63) is 36.5 Å². The van der Waals surface area contributed by atoms with Gasteiger partial charge in [-0.15, -0.1) is 0 Å². The maximum Gasteiger partial charge on any atom is 0.220 e. The number of rotatable bonds is 55. The quantitative estimate of drug-likeness (QED) is 0.0199. The Morgan fingerprint density at radius 1 is 0.416 bits per heavy atom. The summed E-state index contributed by atoms with van der Waals surface area (Å²) in [6.45, 7) is 1.70. The average molecular weight is 1270 g/mol. The number of aliphatic hydroxyl groups is 11. The predicted molar refractivity (Wildman–Crippen MR) is 346 cm³/mol. The summed E-state index contributed by atoms with van der Waals surface area (Å²) >= 11 is 0. The minimum absolute atomic E-state index is 0.251. The molecule has 522 valence electrons. The highest BCUT2D eigenvalue weighted by Crippen LogP contribution is 2.33. The van der Waals surface area contributed by atoms with E-state index in [4.69, 9.17) is 28.4 Å². The van der Waals surface area contributed by atoms with Gasteiger partial charge in [0, 0.05) is 6.42 Å². The Hall–Kier alpha value is -1.99. The lowest BCUT2D eigenvalue weighted by Gasteiger charge is -2.48. The van der Waals surface area contributed by atoms with E-state index in [0.717, 1.165) is 89.9 Å². The number of unbranched alkanes of at least 4 members (excludes halogenated alkanes) is 33. The molecule has 19 heteroatoms. The van der Waals surface area contributed by atoms with Gasteiger partial charge in [-0.3, -0.25) is 4.79 Å². The zero-order valence-electron chi connectivity index (χ0n) is 55.2. The Balaban J connectivity index is 1.41. The van der Waals surface area contributed by atoms with E-state index >= 15 is 0 Å². The maximum atomic E-state index is 13.4. The van der Waals surface area contributed by atoms with Crippen LogP contribution in [0.15, 0.2) is 36.5 Å². The van der Waals surface area contributed by atoms with Crippen LogP contribution >= 0.6 is 0 Å². The minimum atomic E-state index is -1.97. The summed E-state index contributed by atoms with van der Waals surface area (Å²) in [6.07, 6.45) is 33.7. The third-order valence-corrected chi connectivity index (χ3v) is 18.0. The molecule has 0 aliphatic carbocycles. The van der Waals surface area contributed by atoms with Crippen molar-refractivity contribution in [2.24, 2.45) is 0 Å². The summed E-state index contributed by atoms with van der Waals surface area (Å²) < 4.78 is 34.4. The first kappa shape index (κ1) is 81.2. The molecule has 0 spiro atoms. The first-order valence-electron chi connectivity index (χ1n) is 35.7. The highest BCUT2D eigenvalue weighted by Gasteiger charge is 2.53.